The number of aromatic nitrogens is 5. The lowest BCUT2D eigenvalue weighted by Crippen LogP contribution is -2.52. The minimum Gasteiger partial charge on any atom is -0.493 e. The summed E-state index contributed by atoms with van der Waals surface area (Å²) < 4.78 is 12.9. The molecular weight excluding hydrogens is 482 g/mol. The number of fused-ring (bicyclic) bond motifs is 1. The third kappa shape index (κ3) is 5.03. The Balaban J connectivity index is 1.56. The number of pyridine rings is 1. The molecule has 1 aliphatic heterocycles. The number of hydrogen-bond donors (Lipinski definition) is 1. The Morgan fingerprint density at radius 3 is 2.37 bits per heavy atom. The number of H-pyrrole nitrogens is 1. The van der Waals surface area contributed by atoms with Crippen LogP contribution in [0.5, 0.6) is 11.5 Å². The first-order valence-electron chi connectivity index (χ1n) is 13.9. The summed E-state index contributed by atoms with van der Waals surface area (Å²) in [5.74, 6) is 1.90. The Morgan fingerprint density at radius 1 is 1.03 bits per heavy atom. The summed E-state index contributed by atoms with van der Waals surface area (Å²) >= 11 is 0. The normalized spacial score (nSPS) is 19.1. The van der Waals surface area contributed by atoms with Crippen molar-refractivity contribution in [2.24, 2.45) is 0 Å². The highest BCUT2D eigenvalue weighted by Gasteiger charge is 2.36. The van der Waals surface area contributed by atoms with E-state index in [1.165, 1.54) is 32.1 Å². The van der Waals surface area contributed by atoms with E-state index in [1.54, 1.807) is 14.2 Å². The van der Waals surface area contributed by atoms with E-state index in [0.717, 1.165) is 38.0 Å². The molecule has 0 bridgehead atoms. The molecular formula is C28H41N7O3. The predicted octanol–water partition coefficient (Wildman–Crippen LogP) is 3.72. The Hall–Kier alpha value is -2.98. The SMILES string of the molecule is CCC(C)(C)n1nnnc1C(c1cc2cc(OC)c(OC)cc2[nH]c1=O)N1CCN(C2CCCCC2)CC1. The summed E-state index contributed by atoms with van der Waals surface area (Å²) in [6.07, 6.45) is 7.46. The molecule has 1 saturated carbocycles. The standard InChI is InChI=1S/C28H41N7O3/c1-6-28(2,3)35-26(30-31-32-35)25(34-14-12-33(13-15-34)20-10-8-7-9-11-20)21-16-19-17-23(37-4)24(38-5)18-22(19)29-27(21)36/h16-18,20,25H,6-15H2,1-5H3,(H,29,36). The lowest BCUT2D eigenvalue weighted by molar-refractivity contribution is 0.0603. The Bertz CT molecular complexity index is 1300. The molecule has 1 N–H and O–H groups in total. The molecule has 2 aliphatic rings. The van der Waals surface area contributed by atoms with Gasteiger partial charge >= 0.3 is 0 Å². The largest absolute Gasteiger partial charge is 0.493 e. The van der Waals surface area contributed by atoms with E-state index in [4.69, 9.17) is 9.47 Å². The fraction of sp³-hybridized carbons (Fsp3) is 0.643. The molecule has 2 fully saturated rings. The van der Waals surface area contributed by atoms with Crippen LogP contribution >= 0.6 is 0 Å². The van der Waals surface area contributed by atoms with Gasteiger partial charge in [0.05, 0.1) is 25.3 Å². The van der Waals surface area contributed by atoms with Gasteiger partial charge in [-0.2, -0.15) is 0 Å². The zero-order valence-electron chi connectivity index (χ0n) is 23.4. The number of rotatable bonds is 8. The third-order valence-electron chi connectivity index (χ3n) is 8.65. The lowest BCUT2D eigenvalue weighted by atomic mass is 9.93. The molecule has 2 aromatic heterocycles. The number of hydrogen-bond acceptors (Lipinski definition) is 8. The van der Waals surface area contributed by atoms with E-state index in [1.807, 2.05) is 22.9 Å². The molecule has 38 heavy (non-hydrogen) atoms. The zero-order valence-corrected chi connectivity index (χ0v) is 23.4. The zero-order chi connectivity index (χ0) is 26.9. The van der Waals surface area contributed by atoms with Crippen LogP contribution in [-0.4, -0.2) is 81.4 Å². The molecule has 0 radical (unpaired) electrons. The summed E-state index contributed by atoms with van der Waals surface area (Å²) in [4.78, 5) is 21.8. The van der Waals surface area contributed by atoms with Gasteiger partial charge in [-0.1, -0.05) is 26.2 Å². The van der Waals surface area contributed by atoms with Crippen LogP contribution in [0, 0.1) is 0 Å². The fourth-order valence-electron chi connectivity index (χ4n) is 6.00. The Morgan fingerprint density at radius 2 is 1.71 bits per heavy atom. The molecule has 1 atom stereocenters. The van der Waals surface area contributed by atoms with E-state index in [2.05, 4.69) is 51.1 Å². The minimum absolute atomic E-state index is 0.145. The number of benzene rings is 1. The lowest BCUT2D eigenvalue weighted by Gasteiger charge is -2.43. The molecule has 1 aliphatic carbocycles. The smallest absolute Gasteiger partial charge is 0.253 e. The van der Waals surface area contributed by atoms with Gasteiger partial charge < -0.3 is 14.5 Å². The molecule has 3 aromatic rings. The second-order valence-corrected chi connectivity index (χ2v) is 11.2. The highest BCUT2D eigenvalue weighted by molar-refractivity contribution is 5.83. The van der Waals surface area contributed by atoms with Crippen LogP contribution in [0.25, 0.3) is 10.9 Å². The van der Waals surface area contributed by atoms with E-state index < -0.39 is 0 Å². The monoisotopic (exact) mass is 523 g/mol. The van der Waals surface area contributed by atoms with Gasteiger partial charge in [-0.05, 0) is 55.7 Å². The van der Waals surface area contributed by atoms with E-state index in [-0.39, 0.29) is 17.1 Å². The quantitative estimate of drug-likeness (QED) is 0.477. The van der Waals surface area contributed by atoms with Crippen molar-refractivity contribution in [2.45, 2.75) is 76.9 Å². The van der Waals surface area contributed by atoms with Crippen molar-refractivity contribution in [3.05, 3.63) is 39.9 Å². The summed E-state index contributed by atoms with van der Waals surface area (Å²) in [5, 5.41) is 13.9. The van der Waals surface area contributed by atoms with Crippen LogP contribution in [0.3, 0.4) is 0 Å². The molecule has 1 saturated heterocycles. The van der Waals surface area contributed by atoms with Crippen LogP contribution in [-0.2, 0) is 5.54 Å². The number of nitrogens with one attached hydrogen (secondary N) is 1. The van der Waals surface area contributed by atoms with Gasteiger partial charge in [0, 0.05) is 49.2 Å². The van der Waals surface area contributed by atoms with Crippen LogP contribution in [0.1, 0.15) is 76.7 Å². The van der Waals surface area contributed by atoms with Crippen LogP contribution in [0.2, 0.25) is 0 Å². The third-order valence-corrected chi connectivity index (χ3v) is 8.65. The second kappa shape index (κ2) is 11.0. The molecule has 1 unspecified atom stereocenters. The topological polar surface area (TPSA) is 101 Å². The van der Waals surface area contributed by atoms with E-state index in [9.17, 15) is 4.79 Å². The maximum Gasteiger partial charge on any atom is 0.253 e. The molecule has 0 amide bonds. The predicted molar refractivity (Wildman–Crippen MR) is 147 cm³/mol. The first-order chi connectivity index (χ1) is 18.4. The molecule has 5 rings (SSSR count). The van der Waals surface area contributed by atoms with Crippen molar-refractivity contribution < 1.29 is 9.47 Å². The molecule has 10 heteroatoms. The van der Waals surface area contributed by atoms with Gasteiger partial charge in [0.15, 0.2) is 17.3 Å². The first-order valence-corrected chi connectivity index (χ1v) is 13.9. The first kappa shape index (κ1) is 26.6. The number of nitrogens with zero attached hydrogens (tertiary/aromatic N) is 6. The van der Waals surface area contributed by atoms with E-state index in [0.29, 0.717) is 34.4 Å². The maximum absolute atomic E-state index is 13.7. The summed E-state index contributed by atoms with van der Waals surface area (Å²) in [6.45, 7) is 10.1. The van der Waals surface area contributed by atoms with Gasteiger partial charge in [0.25, 0.3) is 5.56 Å². The number of tetrazole rings is 1. The van der Waals surface area contributed by atoms with Crippen LogP contribution < -0.4 is 15.0 Å². The molecule has 3 heterocycles. The van der Waals surface area contributed by atoms with Crippen molar-refractivity contribution in [3.8, 4) is 11.5 Å². The average Bonchev–Trinajstić information content (AvgIpc) is 3.44. The number of ether oxygens (including phenoxy) is 2. The van der Waals surface area contributed by atoms with Crippen molar-refractivity contribution in [3.63, 3.8) is 0 Å². The summed E-state index contributed by atoms with van der Waals surface area (Å²) in [5.41, 5.74) is 0.902. The van der Waals surface area contributed by atoms with Gasteiger partial charge in [-0.3, -0.25) is 14.6 Å². The second-order valence-electron chi connectivity index (χ2n) is 11.2. The summed E-state index contributed by atoms with van der Waals surface area (Å²) in [7, 11) is 3.21. The van der Waals surface area contributed by atoms with Gasteiger partial charge in [-0.25, -0.2) is 4.68 Å². The number of aromatic amines is 1. The van der Waals surface area contributed by atoms with Gasteiger partial charge in [0.2, 0.25) is 0 Å². The highest BCUT2D eigenvalue weighted by Crippen LogP contribution is 2.35. The van der Waals surface area contributed by atoms with Crippen LogP contribution in [0.4, 0.5) is 0 Å². The average molecular weight is 524 g/mol. The van der Waals surface area contributed by atoms with Crippen molar-refractivity contribution in [1.29, 1.82) is 0 Å². The molecule has 0 spiro atoms. The number of piperazine rings is 1. The van der Waals surface area contributed by atoms with Crippen LogP contribution in [0.15, 0.2) is 23.0 Å². The maximum atomic E-state index is 13.7. The van der Waals surface area contributed by atoms with Gasteiger partial charge in [-0.15, -0.1) is 5.10 Å². The Labute approximate surface area is 224 Å². The molecule has 10 nitrogen and oxygen atoms in total. The highest BCUT2D eigenvalue weighted by atomic mass is 16.5. The van der Waals surface area contributed by atoms with Gasteiger partial charge in [0.1, 0.15) is 6.04 Å². The summed E-state index contributed by atoms with van der Waals surface area (Å²) in [6, 6.07) is 5.99. The Kier molecular flexibility index (Phi) is 7.72. The molecule has 1 aromatic carbocycles. The van der Waals surface area contributed by atoms with Crippen molar-refractivity contribution >= 4 is 10.9 Å². The fourth-order valence-corrected chi connectivity index (χ4v) is 6.00. The van der Waals surface area contributed by atoms with Crippen molar-refractivity contribution in [1.82, 2.24) is 35.0 Å². The molecule has 206 valence electrons. The van der Waals surface area contributed by atoms with E-state index >= 15 is 0 Å². The minimum atomic E-state index is -0.370. The van der Waals surface area contributed by atoms with Crippen molar-refractivity contribution in [2.75, 3.05) is 40.4 Å². The number of methoxy groups -OCH3 is 2.